The molecule has 2 aliphatic rings. The molecule has 0 radical (unpaired) electrons. The van der Waals surface area contributed by atoms with Crippen molar-refractivity contribution in [1.82, 2.24) is 10.6 Å². The average molecular weight is 154 g/mol. The third-order valence-electron chi connectivity index (χ3n) is 2.99. The fraction of sp³-hybridized carbons (Fsp3) is 1.00. The van der Waals surface area contributed by atoms with Crippen LogP contribution in [0.1, 0.15) is 38.5 Å². The number of hydrogen-bond acceptors (Lipinski definition) is 2. The first-order chi connectivity index (χ1) is 5.41. The van der Waals surface area contributed by atoms with Crippen LogP contribution in [0.5, 0.6) is 0 Å². The van der Waals surface area contributed by atoms with Crippen molar-refractivity contribution < 1.29 is 0 Å². The van der Waals surface area contributed by atoms with E-state index in [0.717, 1.165) is 0 Å². The first-order valence-corrected chi connectivity index (χ1v) is 4.91. The molecule has 0 aromatic rings. The summed E-state index contributed by atoms with van der Waals surface area (Å²) in [4.78, 5) is 0. The lowest BCUT2D eigenvalue weighted by Crippen LogP contribution is -2.61. The van der Waals surface area contributed by atoms with Gasteiger partial charge in [0.15, 0.2) is 0 Å². The van der Waals surface area contributed by atoms with Crippen LogP contribution in [0.2, 0.25) is 0 Å². The average Bonchev–Trinajstić information content (AvgIpc) is 2.07. The van der Waals surface area contributed by atoms with Crippen LogP contribution in [0.15, 0.2) is 0 Å². The summed E-state index contributed by atoms with van der Waals surface area (Å²) in [5, 5.41) is 7.25. The maximum atomic E-state index is 3.62. The molecular formula is C9H18N2. The molecule has 0 unspecified atom stereocenters. The minimum absolute atomic E-state index is 0.358. The van der Waals surface area contributed by atoms with Crippen molar-refractivity contribution in [3.05, 3.63) is 0 Å². The van der Waals surface area contributed by atoms with Crippen LogP contribution in [0, 0.1) is 0 Å². The van der Waals surface area contributed by atoms with Gasteiger partial charge in [0, 0.05) is 0 Å². The van der Waals surface area contributed by atoms with Gasteiger partial charge in [0.1, 0.15) is 0 Å². The van der Waals surface area contributed by atoms with E-state index in [0.29, 0.717) is 5.66 Å². The summed E-state index contributed by atoms with van der Waals surface area (Å²) in [6, 6.07) is 0. The van der Waals surface area contributed by atoms with E-state index in [9.17, 15) is 0 Å². The van der Waals surface area contributed by atoms with E-state index >= 15 is 0 Å². The van der Waals surface area contributed by atoms with E-state index in [2.05, 4.69) is 10.6 Å². The standard InChI is InChI=1S/C9H18N2/c1-2-5-9(6-3-1)10-7-4-8-11-9/h10-11H,1-8H2. The van der Waals surface area contributed by atoms with E-state index in [-0.39, 0.29) is 0 Å². The molecule has 11 heavy (non-hydrogen) atoms. The molecule has 64 valence electrons. The summed E-state index contributed by atoms with van der Waals surface area (Å²) in [6.07, 6.45) is 8.22. The summed E-state index contributed by atoms with van der Waals surface area (Å²) < 4.78 is 0. The van der Waals surface area contributed by atoms with Crippen LogP contribution in [-0.2, 0) is 0 Å². The fourth-order valence-corrected chi connectivity index (χ4v) is 2.32. The molecule has 1 saturated carbocycles. The number of rotatable bonds is 0. The predicted molar refractivity (Wildman–Crippen MR) is 46.4 cm³/mol. The second kappa shape index (κ2) is 3.11. The lowest BCUT2D eigenvalue weighted by atomic mass is 9.87. The molecule has 0 bridgehead atoms. The first-order valence-electron chi connectivity index (χ1n) is 4.91. The van der Waals surface area contributed by atoms with Crippen LogP contribution < -0.4 is 10.6 Å². The Hall–Kier alpha value is -0.0800. The van der Waals surface area contributed by atoms with Crippen molar-refractivity contribution in [2.75, 3.05) is 13.1 Å². The van der Waals surface area contributed by atoms with Crippen molar-refractivity contribution in [1.29, 1.82) is 0 Å². The second-order valence-corrected chi connectivity index (χ2v) is 3.85. The zero-order chi connectivity index (χ0) is 7.57. The lowest BCUT2D eigenvalue weighted by Gasteiger charge is -2.42. The molecule has 0 atom stereocenters. The molecule has 1 aliphatic heterocycles. The lowest BCUT2D eigenvalue weighted by molar-refractivity contribution is 0.157. The van der Waals surface area contributed by atoms with Crippen LogP contribution in [0.25, 0.3) is 0 Å². The van der Waals surface area contributed by atoms with Gasteiger partial charge in [0.05, 0.1) is 5.66 Å². The maximum absolute atomic E-state index is 3.62. The molecule has 2 fully saturated rings. The van der Waals surface area contributed by atoms with E-state index in [1.54, 1.807) is 0 Å². The van der Waals surface area contributed by atoms with Gasteiger partial charge in [0.25, 0.3) is 0 Å². The Morgan fingerprint density at radius 1 is 0.727 bits per heavy atom. The minimum atomic E-state index is 0.358. The molecule has 0 aromatic carbocycles. The van der Waals surface area contributed by atoms with Crippen LogP contribution in [0.3, 0.4) is 0 Å². The van der Waals surface area contributed by atoms with Gasteiger partial charge in [0.2, 0.25) is 0 Å². The van der Waals surface area contributed by atoms with Gasteiger partial charge in [-0.15, -0.1) is 0 Å². The molecule has 2 nitrogen and oxygen atoms in total. The Morgan fingerprint density at radius 3 is 2.00 bits per heavy atom. The van der Waals surface area contributed by atoms with Crippen molar-refractivity contribution >= 4 is 0 Å². The molecular weight excluding hydrogens is 136 g/mol. The highest BCUT2D eigenvalue weighted by Gasteiger charge is 2.31. The zero-order valence-electron chi connectivity index (χ0n) is 7.16. The van der Waals surface area contributed by atoms with E-state index in [1.807, 2.05) is 0 Å². The molecule has 1 aliphatic carbocycles. The second-order valence-electron chi connectivity index (χ2n) is 3.85. The monoisotopic (exact) mass is 154 g/mol. The highest BCUT2D eigenvalue weighted by molar-refractivity contribution is 4.90. The van der Waals surface area contributed by atoms with Gasteiger partial charge >= 0.3 is 0 Å². The first kappa shape index (κ1) is 7.56. The highest BCUT2D eigenvalue weighted by Crippen LogP contribution is 2.26. The SMILES string of the molecule is C1CCC2(CC1)NCCCN2. The Balaban J connectivity index is 1.94. The number of hydrogen-bond donors (Lipinski definition) is 2. The van der Waals surface area contributed by atoms with Crippen molar-refractivity contribution in [3.63, 3.8) is 0 Å². The molecule has 1 spiro atoms. The van der Waals surface area contributed by atoms with E-state index < -0.39 is 0 Å². The summed E-state index contributed by atoms with van der Waals surface area (Å²) in [5.41, 5.74) is 0.358. The fourth-order valence-electron chi connectivity index (χ4n) is 2.32. The van der Waals surface area contributed by atoms with Gasteiger partial charge in [-0.25, -0.2) is 0 Å². The summed E-state index contributed by atoms with van der Waals surface area (Å²) >= 11 is 0. The molecule has 0 aromatic heterocycles. The van der Waals surface area contributed by atoms with Crippen molar-refractivity contribution in [2.24, 2.45) is 0 Å². The minimum Gasteiger partial charge on any atom is -0.299 e. The quantitative estimate of drug-likeness (QED) is 0.548. The third kappa shape index (κ3) is 1.57. The normalized spacial score (nSPS) is 30.5. The Morgan fingerprint density at radius 2 is 1.36 bits per heavy atom. The maximum Gasteiger partial charge on any atom is 0.0687 e. The van der Waals surface area contributed by atoms with Gasteiger partial charge in [-0.05, 0) is 32.4 Å². The highest BCUT2D eigenvalue weighted by atomic mass is 15.2. The summed E-state index contributed by atoms with van der Waals surface area (Å²) in [7, 11) is 0. The molecule has 1 saturated heterocycles. The molecule has 1 heterocycles. The van der Waals surface area contributed by atoms with E-state index in [4.69, 9.17) is 0 Å². The molecule has 2 N–H and O–H groups in total. The van der Waals surface area contributed by atoms with Crippen molar-refractivity contribution in [2.45, 2.75) is 44.2 Å². The Bertz CT molecular complexity index is 102. The topological polar surface area (TPSA) is 24.1 Å². The third-order valence-corrected chi connectivity index (χ3v) is 2.99. The van der Waals surface area contributed by atoms with Crippen molar-refractivity contribution in [3.8, 4) is 0 Å². The predicted octanol–water partition coefficient (Wildman–Crippen LogP) is 1.23. The van der Waals surface area contributed by atoms with Gasteiger partial charge in [-0.1, -0.05) is 19.3 Å². The largest absolute Gasteiger partial charge is 0.299 e. The number of nitrogens with one attached hydrogen (secondary N) is 2. The van der Waals surface area contributed by atoms with Gasteiger partial charge < -0.3 is 0 Å². The van der Waals surface area contributed by atoms with Crippen LogP contribution in [0.4, 0.5) is 0 Å². The zero-order valence-corrected chi connectivity index (χ0v) is 7.16. The van der Waals surface area contributed by atoms with Gasteiger partial charge in [-0.3, -0.25) is 10.6 Å². The van der Waals surface area contributed by atoms with Gasteiger partial charge in [-0.2, -0.15) is 0 Å². The summed E-state index contributed by atoms with van der Waals surface area (Å²) in [6.45, 7) is 2.43. The smallest absolute Gasteiger partial charge is 0.0687 e. The van der Waals surface area contributed by atoms with Crippen LogP contribution >= 0.6 is 0 Å². The molecule has 2 heteroatoms. The Labute approximate surface area is 68.7 Å². The molecule has 0 amide bonds. The van der Waals surface area contributed by atoms with E-state index in [1.165, 1.54) is 51.6 Å². The molecule has 2 rings (SSSR count). The summed E-state index contributed by atoms with van der Waals surface area (Å²) in [5.74, 6) is 0. The Kier molecular flexibility index (Phi) is 2.14. The van der Waals surface area contributed by atoms with Crippen LogP contribution in [-0.4, -0.2) is 18.8 Å².